The molecule has 15 heavy (non-hydrogen) atoms. The highest BCUT2D eigenvalue weighted by atomic mass is 16.3. The van der Waals surface area contributed by atoms with Crippen molar-refractivity contribution in [2.75, 3.05) is 14.1 Å². The maximum absolute atomic E-state index is 10.2. The number of carbonyl (C=O) groups is 1. The second-order valence-electron chi connectivity index (χ2n) is 3.62. The number of hydrogen-bond acceptors (Lipinski definition) is 3. The second-order valence-corrected chi connectivity index (χ2v) is 3.62. The average Bonchev–Trinajstić information content (AvgIpc) is 2.18. The van der Waals surface area contributed by atoms with Crippen LogP contribution < -0.4 is 0 Å². The lowest BCUT2D eigenvalue weighted by atomic mass is 10.1. The third kappa shape index (κ3) is 3.56. The van der Waals surface area contributed by atoms with Crippen LogP contribution >= 0.6 is 0 Å². The van der Waals surface area contributed by atoms with Crippen molar-refractivity contribution in [1.29, 1.82) is 0 Å². The highest BCUT2D eigenvalue weighted by Crippen LogP contribution is 2.20. The summed E-state index contributed by atoms with van der Waals surface area (Å²) in [5.74, 6) is 0.284. The predicted molar refractivity (Wildman–Crippen MR) is 60.6 cm³/mol. The van der Waals surface area contributed by atoms with Crippen molar-refractivity contribution in [3.63, 3.8) is 0 Å². The van der Waals surface area contributed by atoms with Gasteiger partial charge in [-0.25, -0.2) is 0 Å². The van der Waals surface area contributed by atoms with E-state index < -0.39 is 0 Å². The SMILES string of the molecule is CN(C)Cc1cc(/C=C/C=O)ccc1O. The van der Waals surface area contributed by atoms with Crippen molar-refractivity contribution in [2.24, 2.45) is 0 Å². The van der Waals surface area contributed by atoms with Crippen LogP contribution in [0.3, 0.4) is 0 Å². The normalized spacial score (nSPS) is 11.1. The molecule has 0 spiro atoms. The zero-order chi connectivity index (χ0) is 11.3. The minimum Gasteiger partial charge on any atom is -0.508 e. The summed E-state index contributed by atoms with van der Waals surface area (Å²) in [5, 5.41) is 9.59. The first-order valence-corrected chi connectivity index (χ1v) is 4.72. The molecule has 0 atom stereocenters. The molecule has 3 heteroatoms. The van der Waals surface area contributed by atoms with Gasteiger partial charge in [-0.1, -0.05) is 12.1 Å². The molecule has 1 rings (SSSR count). The maximum atomic E-state index is 10.2. The number of carbonyl (C=O) groups excluding carboxylic acids is 1. The van der Waals surface area contributed by atoms with E-state index in [-0.39, 0.29) is 5.75 Å². The summed E-state index contributed by atoms with van der Waals surface area (Å²) in [4.78, 5) is 12.1. The molecule has 80 valence electrons. The first-order valence-electron chi connectivity index (χ1n) is 4.72. The molecular weight excluding hydrogens is 190 g/mol. The quantitative estimate of drug-likeness (QED) is 0.600. The Balaban J connectivity index is 2.94. The molecule has 0 saturated carbocycles. The Labute approximate surface area is 89.6 Å². The van der Waals surface area contributed by atoms with Crippen molar-refractivity contribution in [1.82, 2.24) is 4.90 Å². The Bertz CT molecular complexity index is 370. The third-order valence-corrected chi connectivity index (χ3v) is 1.96. The lowest BCUT2D eigenvalue weighted by Gasteiger charge is -2.11. The molecule has 0 aliphatic heterocycles. The number of aldehydes is 1. The summed E-state index contributed by atoms with van der Waals surface area (Å²) < 4.78 is 0. The predicted octanol–water partition coefficient (Wildman–Crippen LogP) is 1.67. The standard InChI is InChI=1S/C12H15NO2/c1-13(2)9-11-8-10(4-3-7-14)5-6-12(11)15/h3-8,15H,9H2,1-2H3/b4-3+. The van der Waals surface area contributed by atoms with Gasteiger partial charge in [0.1, 0.15) is 12.0 Å². The molecule has 0 radical (unpaired) electrons. The molecule has 0 saturated heterocycles. The van der Waals surface area contributed by atoms with E-state index in [1.54, 1.807) is 18.2 Å². The first kappa shape index (κ1) is 11.5. The van der Waals surface area contributed by atoms with Crippen LogP contribution in [-0.4, -0.2) is 30.4 Å². The number of hydrogen-bond donors (Lipinski definition) is 1. The molecular formula is C12H15NO2. The van der Waals surface area contributed by atoms with Crippen molar-refractivity contribution in [2.45, 2.75) is 6.54 Å². The van der Waals surface area contributed by atoms with Gasteiger partial charge in [0, 0.05) is 12.1 Å². The monoisotopic (exact) mass is 205 g/mol. The highest BCUT2D eigenvalue weighted by molar-refractivity contribution is 5.74. The molecule has 1 aromatic carbocycles. The number of allylic oxidation sites excluding steroid dienone is 1. The fourth-order valence-electron chi connectivity index (χ4n) is 1.33. The van der Waals surface area contributed by atoms with Crippen molar-refractivity contribution in [3.05, 3.63) is 35.4 Å². The highest BCUT2D eigenvalue weighted by Gasteiger charge is 2.02. The van der Waals surface area contributed by atoms with Crippen molar-refractivity contribution < 1.29 is 9.90 Å². The van der Waals surface area contributed by atoms with Crippen LogP contribution in [0.4, 0.5) is 0 Å². The van der Waals surface area contributed by atoms with E-state index in [1.807, 2.05) is 25.1 Å². The van der Waals surface area contributed by atoms with Gasteiger partial charge in [0.25, 0.3) is 0 Å². The largest absolute Gasteiger partial charge is 0.508 e. The van der Waals surface area contributed by atoms with Crippen molar-refractivity contribution >= 4 is 12.4 Å². The van der Waals surface area contributed by atoms with E-state index in [2.05, 4.69) is 0 Å². The molecule has 1 aromatic rings. The Kier molecular flexibility index (Phi) is 4.06. The molecule has 0 aliphatic carbocycles. The van der Waals surface area contributed by atoms with Gasteiger partial charge in [0.2, 0.25) is 0 Å². The van der Waals surface area contributed by atoms with Gasteiger partial charge in [-0.15, -0.1) is 0 Å². The van der Waals surface area contributed by atoms with Gasteiger partial charge in [0.15, 0.2) is 0 Å². The van der Waals surface area contributed by atoms with E-state index in [4.69, 9.17) is 0 Å². The number of phenols is 1. The zero-order valence-electron chi connectivity index (χ0n) is 8.97. The van der Waals surface area contributed by atoms with Gasteiger partial charge in [-0.05, 0) is 37.9 Å². The molecule has 0 bridgehead atoms. The van der Waals surface area contributed by atoms with E-state index in [0.717, 1.165) is 17.4 Å². The first-order chi connectivity index (χ1) is 7.13. The summed E-state index contributed by atoms with van der Waals surface area (Å²) in [6.45, 7) is 0.675. The zero-order valence-corrected chi connectivity index (χ0v) is 8.97. The number of aromatic hydroxyl groups is 1. The van der Waals surface area contributed by atoms with Crippen LogP contribution in [-0.2, 0) is 11.3 Å². The number of phenolic OH excluding ortho intramolecular Hbond substituents is 1. The molecule has 0 amide bonds. The molecule has 0 fully saturated rings. The fourth-order valence-corrected chi connectivity index (χ4v) is 1.33. The van der Waals surface area contributed by atoms with Gasteiger partial charge < -0.3 is 10.0 Å². The number of rotatable bonds is 4. The number of benzene rings is 1. The van der Waals surface area contributed by atoms with E-state index >= 15 is 0 Å². The minimum absolute atomic E-state index is 0.284. The van der Waals surface area contributed by atoms with Crippen LogP contribution in [0, 0.1) is 0 Å². The second kappa shape index (κ2) is 5.32. The fraction of sp³-hybridized carbons (Fsp3) is 0.250. The molecule has 0 heterocycles. The molecule has 3 nitrogen and oxygen atoms in total. The summed E-state index contributed by atoms with van der Waals surface area (Å²) in [6, 6.07) is 5.28. The van der Waals surface area contributed by atoms with Gasteiger partial charge >= 0.3 is 0 Å². The Morgan fingerprint density at radius 3 is 2.73 bits per heavy atom. The summed E-state index contributed by atoms with van der Waals surface area (Å²) in [6.07, 6.45) is 3.88. The molecule has 0 aliphatic rings. The van der Waals surface area contributed by atoms with Crippen LogP contribution in [0.15, 0.2) is 24.3 Å². The van der Waals surface area contributed by atoms with E-state index in [9.17, 15) is 9.90 Å². The molecule has 0 aromatic heterocycles. The Hall–Kier alpha value is -1.61. The summed E-state index contributed by atoms with van der Waals surface area (Å²) in [5.41, 5.74) is 1.77. The van der Waals surface area contributed by atoms with Crippen LogP contribution in [0.5, 0.6) is 5.75 Å². The minimum atomic E-state index is 0.284. The summed E-state index contributed by atoms with van der Waals surface area (Å²) in [7, 11) is 3.88. The topological polar surface area (TPSA) is 40.5 Å². The Morgan fingerprint density at radius 1 is 1.40 bits per heavy atom. The smallest absolute Gasteiger partial charge is 0.142 e. The maximum Gasteiger partial charge on any atom is 0.142 e. The molecule has 1 N–H and O–H groups in total. The van der Waals surface area contributed by atoms with E-state index in [0.29, 0.717) is 6.54 Å². The summed E-state index contributed by atoms with van der Waals surface area (Å²) >= 11 is 0. The van der Waals surface area contributed by atoms with Gasteiger partial charge in [-0.3, -0.25) is 4.79 Å². The molecule has 0 unspecified atom stereocenters. The van der Waals surface area contributed by atoms with Crippen LogP contribution in [0.1, 0.15) is 11.1 Å². The third-order valence-electron chi connectivity index (χ3n) is 1.96. The van der Waals surface area contributed by atoms with Gasteiger partial charge in [-0.2, -0.15) is 0 Å². The lowest BCUT2D eigenvalue weighted by Crippen LogP contribution is -2.10. The van der Waals surface area contributed by atoms with E-state index in [1.165, 1.54) is 6.08 Å². The van der Waals surface area contributed by atoms with Gasteiger partial charge in [0.05, 0.1) is 0 Å². The number of nitrogens with zero attached hydrogens (tertiary/aromatic N) is 1. The van der Waals surface area contributed by atoms with Crippen LogP contribution in [0.2, 0.25) is 0 Å². The lowest BCUT2D eigenvalue weighted by molar-refractivity contribution is -0.104. The average molecular weight is 205 g/mol. The Morgan fingerprint density at radius 2 is 2.13 bits per heavy atom. The van der Waals surface area contributed by atoms with Crippen LogP contribution in [0.25, 0.3) is 6.08 Å². The van der Waals surface area contributed by atoms with Crippen molar-refractivity contribution in [3.8, 4) is 5.75 Å².